The number of amides is 3. The molecule has 0 aliphatic rings. The zero-order valence-corrected chi connectivity index (χ0v) is 15.7. The van der Waals surface area contributed by atoms with Crippen LogP contribution < -0.4 is 30.2 Å². The van der Waals surface area contributed by atoms with Crippen LogP contribution in [0.3, 0.4) is 0 Å². The van der Waals surface area contributed by atoms with E-state index < -0.39 is 6.03 Å². The van der Waals surface area contributed by atoms with E-state index in [1.165, 1.54) is 14.0 Å². The van der Waals surface area contributed by atoms with Crippen LogP contribution in [0.25, 0.3) is 0 Å². The van der Waals surface area contributed by atoms with Gasteiger partial charge in [0.25, 0.3) is 0 Å². The molecule has 0 aliphatic carbocycles. The molecule has 0 fully saturated rings. The molecule has 0 radical (unpaired) electrons. The first-order valence-electron chi connectivity index (χ1n) is 8.18. The van der Waals surface area contributed by atoms with E-state index in [1.807, 2.05) is 12.1 Å². The first-order chi connectivity index (χ1) is 13.0. The first-order valence-corrected chi connectivity index (χ1v) is 8.18. The van der Waals surface area contributed by atoms with E-state index in [1.54, 1.807) is 38.5 Å². The van der Waals surface area contributed by atoms with Crippen molar-refractivity contribution in [2.45, 2.75) is 13.5 Å². The van der Waals surface area contributed by atoms with Gasteiger partial charge in [-0.1, -0.05) is 12.1 Å². The lowest BCUT2D eigenvalue weighted by molar-refractivity contribution is -0.114. The van der Waals surface area contributed by atoms with Gasteiger partial charge in [-0.3, -0.25) is 4.79 Å². The normalized spacial score (nSPS) is 9.93. The number of rotatable bonds is 7. The number of nitrogens with one attached hydrogen (secondary N) is 3. The van der Waals surface area contributed by atoms with Crippen LogP contribution in [0.15, 0.2) is 36.4 Å². The van der Waals surface area contributed by atoms with Crippen LogP contribution in [0, 0.1) is 0 Å². The Morgan fingerprint density at radius 1 is 0.926 bits per heavy atom. The lowest BCUT2D eigenvalue weighted by Gasteiger charge is -2.14. The van der Waals surface area contributed by atoms with E-state index in [0.29, 0.717) is 28.6 Å². The fourth-order valence-electron chi connectivity index (χ4n) is 2.51. The summed E-state index contributed by atoms with van der Waals surface area (Å²) in [6.45, 7) is 1.67. The van der Waals surface area contributed by atoms with Crippen LogP contribution in [-0.4, -0.2) is 33.3 Å². The van der Waals surface area contributed by atoms with Gasteiger partial charge in [-0.05, 0) is 18.2 Å². The Hall–Kier alpha value is -3.42. The predicted octanol–water partition coefficient (Wildman–Crippen LogP) is 2.99. The number of carbonyl (C=O) groups is 2. The predicted molar refractivity (Wildman–Crippen MR) is 103 cm³/mol. The summed E-state index contributed by atoms with van der Waals surface area (Å²) >= 11 is 0. The largest absolute Gasteiger partial charge is 0.494 e. The summed E-state index contributed by atoms with van der Waals surface area (Å²) < 4.78 is 15.8. The van der Waals surface area contributed by atoms with Crippen LogP contribution in [-0.2, 0) is 11.3 Å². The summed E-state index contributed by atoms with van der Waals surface area (Å²) in [6, 6.07) is 9.99. The second-order valence-corrected chi connectivity index (χ2v) is 5.56. The molecule has 0 bridgehead atoms. The molecule has 0 heterocycles. The van der Waals surface area contributed by atoms with Crippen molar-refractivity contribution in [2.24, 2.45) is 0 Å². The maximum Gasteiger partial charge on any atom is 0.319 e. The fraction of sp³-hybridized carbons (Fsp3) is 0.263. The van der Waals surface area contributed by atoms with Gasteiger partial charge in [0.05, 0.1) is 27.0 Å². The van der Waals surface area contributed by atoms with E-state index in [4.69, 9.17) is 14.2 Å². The number of urea groups is 1. The number of hydrogen-bond acceptors (Lipinski definition) is 5. The monoisotopic (exact) mass is 373 g/mol. The first kappa shape index (κ1) is 19.9. The molecule has 0 atom stereocenters. The van der Waals surface area contributed by atoms with Crippen LogP contribution in [0.4, 0.5) is 16.2 Å². The second kappa shape index (κ2) is 9.33. The summed E-state index contributed by atoms with van der Waals surface area (Å²) in [6.07, 6.45) is 0. The van der Waals surface area contributed by atoms with Gasteiger partial charge < -0.3 is 30.2 Å². The highest BCUT2D eigenvalue weighted by atomic mass is 16.5. The smallest absolute Gasteiger partial charge is 0.319 e. The summed E-state index contributed by atoms with van der Waals surface area (Å²) in [7, 11) is 4.59. The Morgan fingerprint density at radius 3 is 2.30 bits per heavy atom. The molecule has 8 nitrogen and oxygen atoms in total. The summed E-state index contributed by atoms with van der Waals surface area (Å²) in [5.74, 6) is 1.40. The van der Waals surface area contributed by atoms with Gasteiger partial charge in [-0.15, -0.1) is 0 Å². The molecule has 0 spiro atoms. The summed E-state index contributed by atoms with van der Waals surface area (Å²) in [5.41, 5.74) is 1.83. The van der Waals surface area contributed by atoms with Crippen LogP contribution >= 0.6 is 0 Å². The maximum atomic E-state index is 12.2. The zero-order chi connectivity index (χ0) is 19.8. The van der Waals surface area contributed by atoms with E-state index in [-0.39, 0.29) is 12.5 Å². The van der Waals surface area contributed by atoms with Gasteiger partial charge in [-0.2, -0.15) is 0 Å². The number of anilines is 2. The van der Waals surface area contributed by atoms with E-state index in [2.05, 4.69) is 16.0 Å². The lowest BCUT2D eigenvalue weighted by Crippen LogP contribution is -2.28. The molecule has 2 rings (SSSR count). The van der Waals surface area contributed by atoms with Gasteiger partial charge in [0.2, 0.25) is 5.91 Å². The van der Waals surface area contributed by atoms with Gasteiger partial charge in [-0.25, -0.2) is 4.79 Å². The summed E-state index contributed by atoms with van der Waals surface area (Å²) in [4.78, 5) is 23.4. The highest BCUT2D eigenvalue weighted by molar-refractivity contribution is 5.93. The molecule has 0 unspecified atom stereocenters. The third kappa shape index (κ3) is 5.27. The molecule has 2 aromatic rings. The Balaban J connectivity index is 2.03. The number of para-hydroxylation sites is 1. The highest BCUT2D eigenvalue weighted by Crippen LogP contribution is 2.30. The number of ether oxygens (including phenoxy) is 3. The molecule has 0 aliphatic heterocycles. The Labute approximate surface area is 157 Å². The van der Waals surface area contributed by atoms with Crippen molar-refractivity contribution in [3.8, 4) is 17.2 Å². The van der Waals surface area contributed by atoms with Crippen molar-refractivity contribution in [3.63, 3.8) is 0 Å². The minimum atomic E-state index is -0.394. The van der Waals surface area contributed by atoms with Gasteiger partial charge >= 0.3 is 6.03 Å². The highest BCUT2D eigenvalue weighted by Gasteiger charge is 2.11. The lowest BCUT2D eigenvalue weighted by atomic mass is 10.2. The second-order valence-electron chi connectivity index (χ2n) is 5.56. The molecule has 3 amide bonds. The van der Waals surface area contributed by atoms with E-state index in [0.717, 1.165) is 5.56 Å². The molecule has 144 valence electrons. The number of benzene rings is 2. The average molecular weight is 373 g/mol. The third-order valence-electron chi connectivity index (χ3n) is 3.69. The Morgan fingerprint density at radius 2 is 1.67 bits per heavy atom. The van der Waals surface area contributed by atoms with Crippen LogP contribution in [0.2, 0.25) is 0 Å². The van der Waals surface area contributed by atoms with Crippen molar-refractivity contribution < 1.29 is 23.8 Å². The van der Waals surface area contributed by atoms with E-state index >= 15 is 0 Å². The molecule has 3 N–H and O–H groups in total. The Bertz CT molecular complexity index is 823. The maximum absolute atomic E-state index is 12.2. The molecule has 27 heavy (non-hydrogen) atoms. The number of carbonyl (C=O) groups excluding carboxylic acids is 2. The molecule has 2 aromatic carbocycles. The van der Waals surface area contributed by atoms with Crippen LogP contribution in [0.5, 0.6) is 17.2 Å². The quantitative estimate of drug-likeness (QED) is 0.693. The molecular weight excluding hydrogens is 350 g/mol. The molecule has 0 saturated carbocycles. The SMILES string of the molecule is COc1cc(NC(=O)NCc2cccc(OC)c2OC)ccc1NC(C)=O. The molecular formula is C19H23N3O5. The number of hydrogen-bond donors (Lipinski definition) is 3. The molecule has 8 heteroatoms. The van der Waals surface area contributed by atoms with Crippen molar-refractivity contribution in [1.82, 2.24) is 5.32 Å². The van der Waals surface area contributed by atoms with Crippen molar-refractivity contribution >= 4 is 23.3 Å². The van der Waals surface area contributed by atoms with E-state index in [9.17, 15) is 9.59 Å². The van der Waals surface area contributed by atoms with Crippen molar-refractivity contribution in [2.75, 3.05) is 32.0 Å². The zero-order valence-electron chi connectivity index (χ0n) is 15.7. The van der Waals surface area contributed by atoms with Crippen LogP contribution in [0.1, 0.15) is 12.5 Å². The van der Waals surface area contributed by atoms with Gasteiger partial charge in [0.15, 0.2) is 11.5 Å². The fourth-order valence-corrected chi connectivity index (χ4v) is 2.51. The van der Waals surface area contributed by atoms with Crippen molar-refractivity contribution in [3.05, 3.63) is 42.0 Å². The standard InChI is InChI=1S/C19H23N3O5/c1-12(23)21-15-9-8-14(10-17(15)26-3)22-19(24)20-11-13-6-5-7-16(25-2)18(13)27-4/h5-10H,11H2,1-4H3,(H,21,23)(H2,20,22,24). The average Bonchev–Trinajstić information content (AvgIpc) is 2.66. The topological polar surface area (TPSA) is 97.9 Å². The minimum Gasteiger partial charge on any atom is -0.494 e. The third-order valence-corrected chi connectivity index (χ3v) is 3.69. The molecule has 0 aromatic heterocycles. The van der Waals surface area contributed by atoms with Gasteiger partial charge in [0, 0.05) is 30.8 Å². The number of methoxy groups -OCH3 is 3. The molecule has 0 saturated heterocycles. The van der Waals surface area contributed by atoms with Gasteiger partial charge in [0.1, 0.15) is 5.75 Å². The summed E-state index contributed by atoms with van der Waals surface area (Å²) in [5, 5.41) is 8.14. The minimum absolute atomic E-state index is 0.209. The van der Waals surface area contributed by atoms with Crippen molar-refractivity contribution in [1.29, 1.82) is 0 Å². The Kier molecular flexibility index (Phi) is 6.87.